The summed E-state index contributed by atoms with van der Waals surface area (Å²) >= 11 is 0. The van der Waals surface area contributed by atoms with Gasteiger partial charge < -0.3 is 9.88 Å². The molecule has 0 saturated heterocycles. The molecule has 0 radical (unpaired) electrons. The van der Waals surface area contributed by atoms with Crippen LogP contribution in [0, 0.1) is 5.82 Å². The van der Waals surface area contributed by atoms with E-state index in [1.807, 2.05) is 18.5 Å². The van der Waals surface area contributed by atoms with E-state index in [0.717, 1.165) is 12.1 Å². The highest BCUT2D eigenvalue weighted by Gasteiger charge is 2.13. The number of Topliss-reactive ketones (excluding diaryl/α,β-unsaturated/α-hetero) is 1. The van der Waals surface area contributed by atoms with Crippen molar-refractivity contribution >= 4 is 16.7 Å². The Balaban J connectivity index is 2.46. The van der Waals surface area contributed by atoms with Gasteiger partial charge in [0.15, 0.2) is 5.78 Å². The number of fused-ring (bicyclic) bond motifs is 1. The fraction of sp³-hybridized carbons (Fsp3) is 0.308. The number of benzene rings is 1. The van der Waals surface area contributed by atoms with E-state index in [9.17, 15) is 9.18 Å². The van der Waals surface area contributed by atoms with E-state index in [4.69, 9.17) is 0 Å². The maximum atomic E-state index is 13.2. The normalized spacial score (nSPS) is 11.0. The standard InChI is InChI=1S/C13H15FN2O/c1-3-15-7-13(17)11-8-16(2)12-5-4-9(14)6-10(11)12/h4-6,8,15H,3,7H2,1-2H3. The first-order valence-electron chi connectivity index (χ1n) is 5.62. The minimum absolute atomic E-state index is 0.0111. The van der Waals surface area contributed by atoms with Crippen LogP contribution in [0.3, 0.4) is 0 Å². The zero-order chi connectivity index (χ0) is 12.4. The van der Waals surface area contributed by atoms with E-state index in [1.54, 1.807) is 12.3 Å². The summed E-state index contributed by atoms with van der Waals surface area (Å²) in [5.41, 5.74) is 1.44. The second-order valence-corrected chi connectivity index (χ2v) is 4.02. The van der Waals surface area contributed by atoms with Crippen LogP contribution in [0.4, 0.5) is 4.39 Å². The molecule has 1 N–H and O–H groups in total. The molecule has 17 heavy (non-hydrogen) atoms. The van der Waals surface area contributed by atoms with Crippen LogP contribution in [0.15, 0.2) is 24.4 Å². The van der Waals surface area contributed by atoms with Gasteiger partial charge in [-0.1, -0.05) is 6.92 Å². The summed E-state index contributed by atoms with van der Waals surface area (Å²) in [6, 6.07) is 4.50. The topological polar surface area (TPSA) is 34.0 Å². The Morgan fingerprint density at radius 2 is 2.24 bits per heavy atom. The Bertz CT molecular complexity index is 560. The highest BCUT2D eigenvalue weighted by molar-refractivity contribution is 6.09. The predicted octanol–water partition coefficient (Wildman–Crippen LogP) is 2.11. The number of hydrogen-bond donors (Lipinski definition) is 1. The molecular weight excluding hydrogens is 219 g/mol. The Kier molecular flexibility index (Phi) is 3.24. The molecule has 0 aliphatic carbocycles. The molecule has 0 spiro atoms. The molecule has 1 aromatic carbocycles. The Labute approximate surface area is 99.2 Å². The van der Waals surface area contributed by atoms with E-state index < -0.39 is 0 Å². The van der Waals surface area contributed by atoms with Crippen LogP contribution < -0.4 is 5.32 Å². The van der Waals surface area contributed by atoms with Gasteiger partial charge >= 0.3 is 0 Å². The fourth-order valence-corrected chi connectivity index (χ4v) is 1.92. The molecule has 2 aromatic rings. The van der Waals surface area contributed by atoms with Crippen molar-refractivity contribution in [3.05, 3.63) is 35.8 Å². The fourth-order valence-electron chi connectivity index (χ4n) is 1.92. The number of nitrogens with one attached hydrogen (secondary N) is 1. The van der Waals surface area contributed by atoms with Crippen LogP contribution in [0.1, 0.15) is 17.3 Å². The van der Waals surface area contributed by atoms with E-state index in [0.29, 0.717) is 10.9 Å². The van der Waals surface area contributed by atoms with Crippen molar-refractivity contribution in [1.29, 1.82) is 0 Å². The number of likely N-dealkylation sites (N-methyl/N-ethyl adjacent to an activating group) is 1. The van der Waals surface area contributed by atoms with Gasteiger partial charge in [-0.3, -0.25) is 4.79 Å². The van der Waals surface area contributed by atoms with Crippen LogP contribution in [0.2, 0.25) is 0 Å². The molecular formula is C13H15FN2O. The van der Waals surface area contributed by atoms with Crippen LogP contribution in [0.5, 0.6) is 0 Å². The average Bonchev–Trinajstić information content (AvgIpc) is 2.63. The van der Waals surface area contributed by atoms with Gasteiger partial charge in [-0.2, -0.15) is 0 Å². The van der Waals surface area contributed by atoms with Crippen molar-refractivity contribution in [2.75, 3.05) is 13.1 Å². The average molecular weight is 234 g/mol. The molecule has 0 aliphatic heterocycles. The van der Waals surface area contributed by atoms with Gasteiger partial charge in [0.25, 0.3) is 0 Å². The third-order valence-corrected chi connectivity index (χ3v) is 2.79. The Morgan fingerprint density at radius 1 is 1.47 bits per heavy atom. The molecule has 0 aliphatic rings. The first-order valence-corrected chi connectivity index (χ1v) is 5.62. The molecule has 2 rings (SSSR count). The summed E-state index contributed by atoms with van der Waals surface area (Å²) in [6.07, 6.45) is 1.75. The van der Waals surface area contributed by atoms with E-state index in [2.05, 4.69) is 5.32 Å². The Hall–Kier alpha value is -1.68. The molecule has 0 saturated carbocycles. The summed E-state index contributed by atoms with van der Waals surface area (Å²) in [5, 5.41) is 3.66. The molecule has 0 amide bonds. The first kappa shape index (κ1) is 11.8. The lowest BCUT2D eigenvalue weighted by atomic mass is 10.1. The number of carbonyl (C=O) groups is 1. The number of aromatic nitrogens is 1. The summed E-state index contributed by atoms with van der Waals surface area (Å²) in [7, 11) is 1.85. The molecule has 0 atom stereocenters. The molecule has 1 heterocycles. The van der Waals surface area contributed by atoms with Crippen LogP contribution in [-0.4, -0.2) is 23.4 Å². The highest BCUT2D eigenvalue weighted by Crippen LogP contribution is 2.21. The minimum atomic E-state index is -0.318. The number of nitrogens with zero attached hydrogens (tertiary/aromatic N) is 1. The van der Waals surface area contributed by atoms with Gasteiger partial charge in [-0.25, -0.2) is 4.39 Å². The van der Waals surface area contributed by atoms with Crippen molar-refractivity contribution in [2.45, 2.75) is 6.92 Å². The van der Waals surface area contributed by atoms with Crippen molar-refractivity contribution in [3.63, 3.8) is 0 Å². The van der Waals surface area contributed by atoms with Crippen molar-refractivity contribution < 1.29 is 9.18 Å². The van der Waals surface area contributed by atoms with Crippen molar-refractivity contribution in [3.8, 4) is 0 Å². The number of rotatable bonds is 4. The van der Waals surface area contributed by atoms with Crippen LogP contribution >= 0.6 is 0 Å². The van der Waals surface area contributed by atoms with Gasteiger partial charge in [-0.15, -0.1) is 0 Å². The molecule has 90 valence electrons. The Morgan fingerprint density at radius 3 is 2.94 bits per heavy atom. The van der Waals surface area contributed by atoms with E-state index in [1.165, 1.54) is 12.1 Å². The summed E-state index contributed by atoms with van der Waals surface area (Å²) < 4.78 is 15.0. The number of hydrogen-bond acceptors (Lipinski definition) is 2. The molecule has 1 aromatic heterocycles. The largest absolute Gasteiger partial charge is 0.350 e. The van der Waals surface area contributed by atoms with E-state index in [-0.39, 0.29) is 18.1 Å². The molecule has 3 nitrogen and oxygen atoms in total. The van der Waals surface area contributed by atoms with Gasteiger partial charge in [0.1, 0.15) is 5.82 Å². The van der Waals surface area contributed by atoms with Gasteiger partial charge in [0.2, 0.25) is 0 Å². The van der Waals surface area contributed by atoms with Crippen molar-refractivity contribution in [1.82, 2.24) is 9.88 Å². The van der Waals surface area contributed by atoms with Crippen LogP contribution in [-0.2, 0) is 7.05 Å². The van der Waals surface area contributed by atoms with Crippen LogP contribution in [0.25, 0.3) is 10.9 Å². The zero-order valence-electron chi connectivity index (χ0n) is 9.96. The summed E-state index contributed by atoms with van der Waals surface area (Å²) in [6.45, 7) is 2.97. The minimum Gasteiger partial charge on any atom is -0.350 e. The summed E-state index contributed by atoms with van der Waals surface area (Å²) in [4.78, 5) is 11.9. The predicted molar refractivity (Wildman–Crippen MR) is 65.8 cm³/mol. The SMILES string of the molecule is CCNCC(=O)c1cn(C)c2ccc(F)cc12. The highest BCUT2D eigenvalue weighted by atomic mass is 19.1. The van der Waals surface area contributed by atoms with Gasteiger partial charge in [0, 0.05) is 29.7 Å². The third-order valence-electron chi connectivity index (χ3n) is 2.79. The van der Waals surface area contributed by atoms with Gasteiger partial charge in [-0.05, 0) is 24.7 Å². The van der Waals surface area contributed by atoms with E-state index >= 15 is 0 Å². The number of aryl methyl sites for hydroxylation is 1. The lowest BCUT2D eigenvalue weighted by Gasteiger charge is -1.99. The quantitative estimate of drug-likeness (QED) is 0.822. The van der Waals surface area contributed by atoms with Crippen molar-refractivity contribution in [2.24, 2.45) is 7.05 Å². The zero-order valence-corrected chi connectivity index (χ0v) is 9.96. The second-order valence-electron chi connectivity index (χ2n) is 4.02. The molecule has 0 unspecified atom stereocenters. The number of carbonyl (C=O) groups excluding carboxylic acids is 1. The molecule has 0 fully saturated rings. The second kappa shape index (κ2) is 4.67. The molecule has 0 bridgehead atoms. The summed E-state index contributed by atoms with van der Waals surface area (Å²) in [5.74, 6) is -0.329. The lowest BCUT2D eigenvalue weighted by Crippen LogP contribution is -2.22. The number of ketones is 1. The monoisotopic (exact) mass is 234 g/mol. The lowest BCUT2D eigenvalue weighted by molar-refractivity contribution is 0.0993. The van der Waals surface area contributed by atoms with Gasteiger partial charge in [0.05, 0.1) is 6.54 Å². The third kappa shape index (κ3) is 2.22. The smallest absolute Gasteiger partial charge is 0.178 e. The number of halogens is 1. The molecule has 4 heteroatoms. The maximum absolute atomic E-state index is 13.2. The first-order chi connectivity index (χ1) is 8.13. The maximum Gasteiger partial charge on any atom is 0.178 e.